The van der Waals surface area contributed by atoms with E-state index in [4.69, 9.17) is 10.5 Å². The van der Waals surface area contributed by atoms with E-state index < -0.39 is 41.6 Å². The van der Waals surface area contributed by atoms with Crippen LogP contribution in [0.25, 0.3) is 0 Å². The molecule has 2 fully saturated rings. The fourth-order valence-electron chi connectivity index (χ4n) is 4.23. The van der Waals surface area contributed by atoms with Crippen LogP contribution in [0.5, 0.6) is 0 Å². The number of ether oxygens (including phenoxy) is 1. The summed E-state index contributed by atoms with van der Waals surface area (Å²) in [6.45, 7) is 3.51. The van der Waals surface area contributed by atoms with E-state index in [1.807, 2.05) is 13.8 Å². The second-order valence-corrected chi connectivity index (χ2v) is 7.41. The number of hydrogen-bond donors (Lipinski definition) is 5. The highest BCUT2D eigenvalue weighted by molar-refractivity contribution is 5.90. The maximum absolute atomic E-state index is 12.6. The molecule has 4 rings (SSSR count). The van der Waals surface area contributed by atoms with Gasteiger partial charge in [-0.15, -0.1) is 0 Å². The Morgan fingerprint density at radius 1 is 1.39 bits per heavy atom. The van der Waals surface area contributed by atoms with Gasteiger partial charge in [0.25, 0.3) is 0 Å². The van der Waals surface area contributed by atoms with Crippen molar-refractivity contribution in [1.82, 2.24) is 15.5 Å². The highest BCUT2D eigenvalue weighted by atomic mass is 16.6. The molecule has 0 radical (unpaired) electrons. The molecule has 28 heavy (non-hydrogen) atoms. The van der Waals surface area contributed by atoms with E-state index in [9.17, 15) is 19.8 Å². The molecule has 2 amide bonds. The number of aliphatic hydroxyl groups is 2. The number of rotatable bonds is 3. The van der Waals surface area contributed by atoms with Gasteiger partial charge in [-0.3, -0.25) is 4.90 Å². The Kier molecular flexibility index (Phi) is 4.02. The zero-order valence-electron chi connectivity index (χ0n) is 15.5. The summed E-state index contributed by atoms with van der Waals surface area (Å²) in [7, 11) is 0. The van der Waals surface area contributed by atoms with Crippen molar-refractivity contribution >= 4 is 18.0 Å². The summed E-state index contributed by atoms with van der Waals surface area (Å²) in [5, 5.41) is 27.7. The molecule has 1 spiro atoms. The minimum absolute atomic E-state index is 0.0112. The van der Waals surface area contributed by atoms with Gasteiger partial charge in [-0.05, 0) is 25.5 Å². The van der Waals surface area contributed by atoms with E-state index >= 15 is 0 Å². The Labute approximate surface area is 161 Å². The third kappa shape index (κ3) is 2.38. The standard InChI is InChI=1S/C18H23N5O5/c1-3-11-13-17(22-15(19)21-13)18(26,27)12(8-23(17)16(25)20-11)28-14(24)10-6-4-9(2)5-7-10/h4-7,11-13,26-27H,3,8H2,1-2H3,(H,20,25)(H3,19,21,22)/t11-,12-,13-,17-/m0/s1. The molecule has 3 aliphatic rings. The van der Waals surface area contributed by atoms with Crippen LogP contribution >= 0.6 is 0 Å². The third-order valence-electron chi connectivity index (χ3n) is 5.72. The van der Waals surface area contributed by atoms with E-state index in [1.165, 1.54) is 4.90 Å². The first kappa shape index (κ1) is 18.5. The van der Waals surface area contributed by atoms with E-state index in [0.29, 0.717) is 6.42 Å². The van der Waals surface area contributed by atoms with Crippen LogP contribution in [0.2, 0.25) is 0 Å². The first-order chi connectivity index (χ1) is 13.2. The minimum Gasteiger partial charge on any atom is -0.451 e. The summed E-state index contributed by atoms with van der Waals surface area (Å²) in [4.78, 5) is 30.6. The fraction of sp³-hybridized carbons (Fsp3) is 0.500. The lowest BCUT2D eigenvalue weighted by Crippen LogP contribution is -2.80. The molecule has 6 N–H and O–H groups in total. The number of amides is 2. The van der Waals surface area contributed by atoms with Crippen molar-refractivity contribution < 1.29 is 24.5 Å². The molecule has 150 valence electrons. The van der Waals surface area contributed by atoms with E-state index in [-0.39, 0.29) is 18.1 Å². The summed E-state index contributed by atoms with van der Waals surface area (Å²) in [6, 6.07) is 4.96. The molecular formula is C18H23N5O5. The number of urea groups is 1. The minimum atomic E-state index is -2.60. The predicted octanol–water partition coefficient (Wildman–Crippen LogP) is -0.998. The van der Waals surface area contributed by atoms with Crippen molar-refractivity contribution in [3.63, 3.8) is 0 Å². The summed E-state index contributed by atoms with van der Waals surface area (Å²) >= 11 is 0. The van der Waals surface area contributed by atoms with Crippen LogP contribution in [0.3, 0.4) is 0 Å². The molecule has 0 unspecified atom stereocenters. The second kappa shape index (κ2) is 6.08. The lowest BCUT2D eigenvalue weighted by Gasteiger charge is -2.49. The molecule has 3 heterocycles. The average Bonchev–Trinajstić information content (AvgIpc) is 3.11. The molecule has 1 aromatic carbocycles. The van der Waals surface area contributed by atoms with Crippen LogP contribution in [0.4, 0.5) is 4.79 Å². The number of esters is 1. The Morgan fingerprint density at radius 3 is 2.71 bits per heavy atom. The maximum Gasteiger partial charge on any atom is 0.338 e. The first-order valence-electron chi connectivity index (χ1n) is 9.12. The van der Waals surface area contributed by atoms with Crippen molar-refractivity contribution in [3.8, 4) is 0 Å². The Bertz CT molecular complexity index is 854. The van der Waals surface area contributed by atoms with E-state index in [2.05, 4.69) is 15.6 Å². The van der Waals surface area contributed by atoms with Crippen LogP contribution in [-0.2, 0) is 4.74 Å². The molecule has 4 atom stereocenters. The molecule has 0 saturated carbocycles. The lowest BCUT2D eigenvalue weighted by atomic mass is 9.84. The number of carbonyl (C=O) groups excluding carboxylic acids is 2. The Hall–Kier alpha value is -2.85. The van der Waals surface area contributed by atoms with Gasteiger partial charge in [0.15, 0.2) is 12.1 Å². The Morgan fingerprint density at radius 2 is 2.07 bits per heavy atom. The number of guanidine groups is 1. The van der Waals surface area contributed by atoms with Crippen molar-refractivity contribution in [2.45, 2.75) is 49.9 Å². The van der Waals surface area contributed by atoms with Gasteiger partial charge in [0.05, 0.1) is 18.2 Å². The van der Waals surface area contributed by atoms with Gasteiger partial charge in [-0.25, -0.2) is 14.6 Å². The highest BCUT2D eigenvalue weighted by Crippen LogP contribution is 2.45. The van der Waals surface area contributed by atoms with Crippen molar-refractivity contribution in [1.29, 1.82) is 0 Å². The van der Waals surface area contributed by atoms with Gasteiger partial charge in [0.2, 0.25) is 11.4 Å². The summed E-state index contributed by atoms with van der Waals surface area (Å²) in [5.41, 5.74) is 5.36. The number of aliphatic imine (C=N–C) groups is 1. The molecule has 0 aromatic heterocycles. The average molecular weight is 389 g/mol. The topological polar surface area (TPSA) is 150 Å². The number of nitrogens with zero attached hydrogens (tertiary/aromatic N) is 2. The molecular weight excluding hydrogens is 366 g/mol. The first-order valence-corrected chi connectivity index (χ1v) is 9.12. The van der Waals surface area contributed by atoms with Gasteiger partial charge >= 0.3 is 12.0 Å². The Balaban J connectivity index is 1.67. The molecule has 10 heteroatoms. The third-order valence-corrected chi connectivity index (χ3v) is 5.72. The molecule has 3 aliphatic heterocycles. The van der Waals surface area contributed by atoms with Crippen molar-refractivity contribution in [2.75, 3.05) is 6.54 Å². The number of aryl methyl sites for hydroxylation is 1. The van der Waals surface area contributed by atoms with Gasteiger partial charge < -0.3 is 31.3 Å². The molecule has 1 aromatic rings. The van der Waals surface area contributed by atoms with Crippen LogP contribution in [0.1, 0.15) is 29.3 Å². The second-order valence-electron chi connectivity index (χ2n) is 7.41. The summed E-state index contributed by atoms with van der Waals surface area (Å²) < 4.78 is 5.41. The van der Waals surface area contributed by atoms with E-state index in [0.717, 1.165) is 5.56 Å². The maximum atomic E-state index is 12.6. The fourth-order valence-corrected chi connectivity index (χ4v) is 4.23. The lowest BCUT2D eigenvalue weighted by molar-refractivity contribution is -0.258. The van der Waals surface area contributed by atoms with Gasteiger partial charge in [0, 0.05) is 0 Å². The van der Waals surface area contributed by atoms with Crippen LogP contribution in [0, 0.1) is 6.92 Å². The molecule has 0 aliphatic carbocycles. The van der Waals surface area contributed by atoms with Gasteiger partial charge in [-0.1, -0.05) is 24.6 Å². The molecule has 2 saturated heterocycles. The molecule has 0 bridgehead atoms. The predicted molar refractivity (Wildman–Crippen MR) is 98.1 cm³/mol. The van der Waals surface area contributed by atoms with E-state index in [1.54, 1.807) is 24.3 Å². The number of hydrogen-bond acceptors (Lipinski definition) is 8. The smallest absolute Gasteiger partial charge is 0.338 e. The summed E-state index contributed by atoms with van der Waals surface area (Å²) in [5.74, 6) is -3.33. The van der Waals surface area contributed by atoms with Crippen molar-refractivity contribution in [3.05, 3.63) is 35.4 Å². The number of nitrogens with one attached hydrogen (secondary N) is 2. The molecule has 10 nitrogen and oxygen atoms in total. The summed E-state index contributed by atoms with van der Waals surface area (Å²) in [6.07, 6.45) is -0.882. The monoisotopic (exact) mass is 389 g/mol. The van der Waals surface area contributed by atoms with Crippen LogP contribution in [-0.4, -0.2) is 69.3 Å². The quantitative estimate of drug-likeness (QED) is 0.329. The SMILES string of the molecule is CC[C@@H]1NC(=O)N2C[C@H](OC(=O)c3ccc(C)cc3)C(O)(O)[C@@]23NC(N)=N[C@@H]13. The highest BCUT2D eigenvalue weighted by Gasteiger charge is 2.75. The largest absolute Gasteiger partial charge is 0.451 e. The number of benzene rings is 1. The van der Waals surface area contributed by atoms with Crippen LogP contribution in [0.15, 0.2) is 29.3 Å². The van der Waals surface area contributed by atoms with Gasteiger partial charge in [0.1, 0.15) is 6.04 Å². The van der Waals surface area contributed by atoms with Crippen LogP contribution < -0.4 is 16.4 Å². The zero-order valence-corrected chi connectivity index (χ0v) is 15.5. The van der Waals surface area contributed by atoms with Gasteiger partial charge in [-0.2, -0.15) is 0 Å². The van der Waals surface area contributed by atoms with Crippen molar-refractivity contribution in [2.24, 2.45) is 10.7 Å². The zero-order chi connectivity index (χ0) is 20.3. The number of nitrogens with two attached hydrogens (primary N) is 1. The normalized spacial score (nSPS) is 32.7. The number of carbonyl (C=O) groups is 2.